The van der Waals surface area contributed by atoms with Crippen molar-refractivity contribution in [1.29, 1.82) is 0 Å². The summed E-state index contributed by atoms with van der Waals surface area (Å²) < 4.78 is 16.0. The number of phenols is 1. The number of hydrogen-bond acceptors (Lipinski definition) is 7. The fraction of sp³-hybridized carbons (Fsp3) is 0.138. The predicted molar refractivity (Wildman–Crippen MR) is 143 cm³/mol. The van der Waals surface area contributed by atoms with Gasteiger partial charge in [0.25, 0.3) is 5.91 Å². The number of phenolic OH excluding ortho intramolecular Hbond substituents is 1. The second-order valence-electron chi connectivity index (χ2n) is 9.46. The number of nitrogens with zero attached hydrogens (tertiary/aromatic N) is 4. The number of fused-ring (bicyclic) bond motifs is 2. The molecule has 3 heterocycles. The average Bonchev–Trinajstić information content (AvgIpc) is 3.50. The summed E-state index contributed by atoms with van der Waals surface area (Å²) in [6.07, 6.45) is 3.30. The van der Waals surface area contributed by atoms with Gasteiger partial charge in [-0.3, -0.25) is 14.2 Å². The maximum absolute atomic E-state index is 14.0. The Kier molecular flexibility index (Phi) is 5.79. The Labute approximate surface area is 222 Å². The number of imidazole rings is 1. The van der Waals surface area contributed by atoms with Crippen LogP contribution in [0.15, 0.2) is 60.8 Å². The number of aldehydes is 1. The number of nitrogens with two attached hydrogens (primary N) is 1. The molecule has 0 unspecified atom stereocenters. The molecule has 0 spiro atoms. The number of pyridine rings is 2. The van der Waals surface area contributed by atoms with Gasteiger partial charge in [0.2, 0.25) is 0 Å². The van der Waals surface area contributed by atoms with Gasteiger partial charge in [0.15, 0.2) is 29.3 Å². The first-order valence-corrected chi connectivity index (χ1v) is 12.3. The molecule has 1 atom stereocenters. The number of carbonyl (C=O) groups excluding carboxylic acids is 2. The largest absolute Gasteiger partial charge is 0.504 e. The Morgan fingerprint density at radius 3 is 2.82 bits per heavy atom. The number of carbonyl (C=O) groups is 2. The molecule has 3 aromatic heterocycles. The number of amides is 1. The van der Waals surface area contributed by atoms with Crippen molar-refractivity contribution < 1.29 is 19.1 Å². The van der Waals surface area contributed by atoms with Gasteiger partial charge in [-0.2, -0.15) is 0 Å². The van der Waals surface area contributed by atoms with Crippen molar-refractivity contribution in [2.45, 2.75) is 25.8 Å². The third-order valence-electron chi connectivity index (χ3n) is 6.97. The summed E-state index contributed by atoms with van der Waals surface area (Å²) in [5.41, 5.74) is 11.7. The lowest BCUT2D eigenvalue weighted by atomic mass is 10.1. The van der Waals surface area contributed by atoms with Gasteiger partial charge in [-0.05, 0) is 79.4 Å². The predicted octanol–water partition coefficient (Wildman–Crippen LogP) is 4.45. The number of anilines is 1. The number of hydrogen-bond donors (Lipinski definition) is 3. The minimum Gasteiger partial charge on any atom is -0.504 e. The van der Waals surface area contributed by atoms with Gasteiger partial charge in [0, 0.05) is 23.1 Å². The fourth-order valence-electron chi connectivity index (χ4n) is 5.06. The van der Waals surface area contributed by atoms with Crippen molar-refractivity contribution in [2.75, 3.05) is 5.73 Å². The molecule has 0 bridgehead atoms. The molecule has 0 aliphatic heterocycles. The summed E-state index contributed by atoms with van der Waals surface area (Å²) >= 11 is 0. The van der Waals surface area contributed by atoms with Crippen LogP contribution >= 0.6 is 0 Å². The van der Waals surface area contributed by atoms with Gasteiger partial charge in [0.1, 0.15) is 11.3 Å². The standard InChI is InChI=1S/C29H23FN6O3/c1-15-4-8-24-28(33-15)36(27(34-24)21-3-2-10-32-26(21)31)19-6-7-20-16(12-19)5-9-23(20)35-29(39)17-11-18(14-37)25(38)22(30)13-17/h2-4,6-8,10-14,23,38H,5,9H2,1H3,(H2,31,32)(H,35,39)/t23-/m0/s1. The van der Waals surface area contributed by atoms with Crippen LogP contribution < -0.4 is 11.1 Å². The van der Waals surface area contributed by atoms with Gasteiger partial charge in [-0.25, -0.2) is 19.3 Å². The highest BCUT2D eigenvalue weighted by molar-refractivity contribution is 5.97. The van der Waals surface area contributed by atoms with E-state index in [1.54, 1.807) is 6.20 Å². The molecule has 4 N–H and O–H groups in total. The first kappa shape index (κ1) is 24.2. The Hall–Kier alpha value is -5.12. The number of aromatic hydroxyl groups is 1. The van der Waals surface area contributed by atoms with Crippen LogP contribution in [-0.4, -0.2) is 36.8 Å². The van der Waals surface area contributed by atoms with E-state index in [0.29, 0.717) is 42.0 Å². The number of aryl methyl sites for hydroxylation is 2. The second-order valence-corrected chi connectivity index (χ2v) is 9.46. The zero-order valence-electron chi connectivity index (χ0n) is 20.9. The topological polar surface area (TPSA) is 136 Å². The van der Waals surface area contributed by atoms with Crippen molar-refractivity contribution >= 4 is 29.2 Å². The van der Waals surface area contributed by atoms with Gasteiger partial charge in [-0.1, -0.05) is 6.07 Å². The summed E-state index contributed by atoms with van der Waals surface area (Å²) in [5.74, 6) is -1.35. The van der Waals surface area contributed by atoms with E-state index in [1.807, 2.05) is 54.0 Å². The molecule has 0 saturated heterocycles. The minimum absolute atomic E-state index is 0.0394. The van der Waals surface area contributed by atoms with E-state index in [1.165, 1.54) is 6.07 Å². The minimum atomic E-state index is -1.03. The van der Waals surface area contributed by atoms with Crippen molar-refractivity contribution in [3.05, 3.63) is 94.6 Å². The molecule has 39 heavy (non-hydrogen) atoms. The third kappa shape index (κ3) is 4.15. The van der Waals surface area contributed by atoms with Crippen LogP contribution in [-0.2, 0) is 6.42 Å². The molecule has 2 aromatic carbocycles. The molecule has 5 aromatic rings. The van der Waals surface area contributed by atoms with E-state index >= 15 is 0 Å². The molecule has 10 heteroatoms. The number of aromatic nitrogens is 4. The zero-order valence-corrected chi connectivity index (χ0v) is 20.9. The zero-order chi connectivity index (χ0) is 27.3. The highest BCUT2D eigenvalue weighted by atomic mass is 19.1. The van der Waals surface area contributed by atoms with E-state index in [-0.39, 0.29) is 17.2 Å². The van der Waals surface area contributed by atoms with Gasteiger partial charge >= 0.3 is 0 Å². The molecule has 0 radical (unpaired) electrons. The van der Waals surface area contributed by atoms with Gasteiger partial charge < -0.3 is 16.2 Å². The van der Waals surface area contributed by atoms with Crippen LogP contribution in [0.4, 0.5) is 10.2 Å². The smallest absolute Gasteiger partial charge is 0.251 e. The summed E-state index contributed by atoms with van der Waals surface area (Å²) in [5, 5.41) is 12.6. The molecular weight excluding hydrogens is 499 g/mol. The monoisotopic (exact) mass is 522 g/mol. The lowest BCUT2D eigenvalue weighted by Crippen LogP contribution is -2.27. The Balaban J connectivity index is 1.37. The molecule has 9 nitrogen and oxygen atoms in total. The molecule has 1 aliphatic rings. The quantitative estimate of drug-likeness (QED) is 0.290. The molecule has 6 rings (SSSR count). The molecule has 0 fully saturated rings. The molecular formula is C29H23FN6O3. The fourth-order valence-corrected chi connectivity index (χ4v) is 5.06. The summed E-state index contributed by atoms with van der Waals surface area (Å²) in [6, 6.07) is 15.2. The van der Waals surface area contributed by atoms with Crippen molar-refractivity contribution in [3.63, 3.8) is 0 Å². The van der Waals surface area contributed by atoms with E-state index in [9.17, 15) is 19.1 Å². The average molecular weight is 523 g/mol. The molecule has 1 aliphatic carbocycles. The number of rotatable bonds is 5. The maximum atomic E-state index is 14.0. The Morgan fingerprint density at radius 2 is 2.03 bits per heavy atom. The van der Waals surface area contributed by atoms with Crippen LogP contribution in [0.2, 0.25) is 0 Å². The summed E-state index contributed by atoms with van der Waals surface area (Å²) in [6.45, 7) is 1.92. The normalized spacial score (nSPS) is 14.4. The molecule has 1 amide bonds. The van der Waals surface area contributed by atoms with E-state index < -0.39 is 17.5 Å². The summed E-state index contributed by atoms with van der Waals surface area (Å²) in [4.78, 5) is 37.8. The molecule has 0 saturated carbocycles. The number of benzene rings is 2. The number of nitrogen functional groups attached to an aromatic ring is 1. The van der Waals surface area contributed by atoms with E-state index in [0.717, 1.165) is 34.1 Å². The maximum Gasteiger partial charge on any atom is 0.251 e. The van der Waals surface area contributed by atoms with Gasteiger partial charge in [-0.15, -0.1) is 0 Å². The second kappa shape index (κ2) is 9.32. The van der Waals surface area contributed by atoms with Crippen LogP contribution in [0.3, 0.4) is 0 Å². The van der Waals surface area contributed by atoms with Crippen molar-refractivity contribution in [3.8, 4) is 22.8 Å². The lowest BCUT2D eigenvalue weighted by molar-refractivity contribution is 0.0936. The lowest BCUT2D eigenvalue weighted by Gasteiger charge is -2.16. The van der Waals surface area contributed by atoms with E-state index in [4.69, 9.17) is 15.7 Å². The van der Waals surface area contributed by atoms with Crippen LogP contribution in [0.5, 0.6) is 5.75 Å². The first-order valence-electron chi connectivity index (χ1n) is 12.3. The van der Waals surface area contributed by atoms with Crippen molar-refractivity contribution in [2.24, 2.45) is 0 Å². The Bertz CT molecular complexity index is 1800. The number of halogens is 1. The van der Waals surface area contributed by atoms with Crippen LogP contribution in [0, 0.1) is 12.7 Å². The third-order valence-corrected chi connectivity index (χ3v) is 6.97. The summed E-state index contributed by atoms with van der Waals surface area (Å²) in [7, 11) is 0. The highest BCUT2D eigenvalue weighted by Crippen LogP contribution is 2.36. The highest BCUT2D eigenvalue weighted by Gasteiger charge is 2.27. The first-order chi connectivity index (χ1) is 18.8. The molecule has 194 valence electrons. The van der Waals surface area contributed by atoms with Crippen molar-refractivity contribution in [1.82, 2.24) is 24.8 Å². The van der Waals surface area contributed by atoms with Crippen LogP contribution in [0.1, 0.15) is 50.0 Å². The van der Waals surface area contributed by atoms with Crippen LogP contribution in [0.25, 0.3) is 28.2 Å². The Morgan fingerprint density at radius 1 is 1.18 bits per heavy atom. The van der Waals surface area contributed by atoms with E-state index in [2.05, 4.69) is 10.3 Å². The van der Waals surface area contributed by atoms with Gasteiger partial charge in [0.05, 0.1) is 17.2 Å². The number of nitrogens with one attached hydrogen (secondary N) is 1. The SMILES string of the molecule is Cc1ccc2nc(-c3cccnc3N)n(-c3ccc4c(c3)CC[C@@H]4NC(=O)c3cc(F)c(O)c(C=O)c3)c2n1.